The van der Waals surface area contributed by atoms with E-state index in [0.717, 1.165) is 13.2 Å². The van der Waals surface area contributed by atoms with Crippen molar-refractivity contribution in [1.29, 1.82) is 5.41 Å². The maximum atomic E-state index is 6.08. The molecule has 0 spiro atoms. The van der Waals surface area contributed by atoms with Crippen molar-refractivity contribution in [2.45, 2.75) is 39.3 Å². The third-order valence-electron chi connectivity index (χ3n) is 1.61. The highest BCUT2D eigenvalue weighted by Crippen LogP contribution is 2.09. The molecule has 1 atom stereocenters. The van der Waals surface area contributed by atoms with E-state index in [1.54, 1.807) is 6.92 Å². The van der Waals surface area contributed by atoms with E-state index in [9.17, 15) is 0 Å². The molecule has 0 aromatic rings. The molecule has 0 saturated carbocycles. The Hall–Kier alpha value is -0.410. The molecule has 0 aromatic carbocycles. The standard InChI is InChI=1S/C7H15NO.C2H5N/c1-2-8-7-5-3-4-6-9-7;1-2-3/h7-8H,2-6H2,1H3;2-3H,1H3. The fourth-order valence-electron chi connectivity index (χ4n) is 1.13. The van der Waals surface area contributed by atoms with Crippen LogP contribution in [-0.2, 0) is 4.74 Å². The first-order chi connectivity index (χ1) is 5.85. The van der Waals surface area contributed by atoms with E-state index in [4.69, 9.17) is 10.1 Å². The van der Waals surface area contributed by atoms with Crippen LogP contribution in [0.1, 0.15) is 33.1 Å². The van der Waals surface area contributed by atoms with E-state index in [0.29, 0.717) is 6.23 Å². The van der Waals surface area contributed by atoms with Crippen LogP contribution in [0, 0.1) is 5.41 Å². The Bertz CT molecular complexity index is 97.9. The Morgan fingerprint density at radius 3 is 2.67 bits per heavy atom. The van der Waals surface area contributed by atoms with E-state index in [-0.39, 0.29) is 0 Å². The lowest BCUT2D eigenvalue weighted by molar-refractivity contribution is -0.00398. The summed E-state index contributed by atoms with van der Waals surface area (Å²) in [6.07, 6.45) is 5.34. The van der Waals surface area contributed by atoms with Gasteiger partial charge in [-0.1, -0.05) is 6.92 Å². The van der Waals surface area contributed by atoms with E-state index < -0.39 is 0 Å². The summed E-state index contributed by atoms with van der Waals surface area (Å²) in [5.74, 6) is 0. The van der Waals surface area contributed by atoms with Crippen molar-refractivity contribution in [3.63, 3.8) is 0 Å². The van der Waals surface area contributed by atoms with Gasteiger partial charge in [-0.25, -0.2) is 0 Å². The second-order valence-corrected chi connectivity index (χ2v) is 2.70. The van der Waals surface area contributed by atoms with Crippen LogP contribution in [0.25, 0.3) is 0 Å². The van der Waals surface area contributed by atoms with Crippen molar-refractivity contribution in [1.82, 2.24) is 5.32 Å². The molecule has 1 aliphatic heterocycles. The summed E-state index contributed by atoms with van der Waals surface area (Å²) in [5, 5.41) is 9.35. The molecular formula is C9H20N2O. The number of ether oxygens (including phenoxy) is 1. The Balaban J connectivity index is 0.000000354. The smallest absolute Gasteiger partial charge is 0.108 e. The van der Waals surface area contributed by atoms with Crippen molar-refractivity contribution in [3.8, 4) is 0 Å². The molecule has 3 heteroatoms. The second kappa shape index (κ2) is 8.68. The first-order valence-electron chi connectivity index (χ1n) is 4.65. The first-order valence-corrected chi connectivity index (χ1v) is 4.65. The second-order valence-electron chi connectivity index (χ2n) is 2.70. The van der Waals surface area contributed by atoms with Crippen LogP contribution >= 0.6 is 0 Å². The lowest BCUT2D eigenvalue weighted by Gasteiger charge is -2.22. The molecule has 1 saturated heterocycles. The number of hydrogen-bond donors (Lipinski definition) is 2. The van der Waals surface area contributed by atoms with Gasteiger partial charge in [0.1, 0.15) is 6.23 Å². The Morgan fingerprint density at radius 2 is 2.25 bits per heavy atom. The fourth-order valence-corrected chi connectivity index (χ4v) is 1.13. The Kier molecular flexibility index (Phi) is 8.39. The largest absolute Gasteiger partial charge is 0.363 e. The average molecular weight is 172 g/mol. The molecule has 1 rings (SSSR count). The third-order valence-corrected chi connectivity index (χ3v) is 1.61. The maximum Gasteiger partial charge on any atom is 0.108 e. The van der Waals surface area contributed by atoms with Crippen molar-refractivity contribution >= 4 is 6.21 Å². The SMILES string of the molecule is CC=N.CCNC1CCCCO1. The lowest BCUT2D eigenvalue weighted by atomic mass is 10.2. The summed E-state index contributed by atoms with van der Waals surface area (Å²) in [7, 11) is 0. The van der Waals surface area contributed by atoms with Crippen LogP contribution in [0.3, 0.4) is 0 Å². The summed E-state index contributed by atoms with van der Waals surface area (Å²) < 4.78 is 5.41. The normalized spacial score (nSPS) is 22.3. The lowest BCUT2D eigenvalue weighted by Crippen LogP contribution is -2.34. The van der Waals surface area contributed by atoms with Gasteiger partial charge in [0.25, 0.3) is 0 Å². The Morgan fingerprint density at radius 1 is 1.58 bits per heavy atom. The van der Waals surface area contributed by atoms with Gasteiger partial charge in [0.15, 0.2) is 0 Å². The zero-order valence-electron chi connectivity index (χ0n) is 8.10. The summed E-state index contributed by atoms with van der Waals surface area (Å²) in [4.78, 5) is 0. The van der Waals surface area contributed by atoms with Crippen LogP contribution < -0.4 is 5.32 Å². The molecule has 0 aromatic heterocycles. The zero-order chi connectivity index (χ0) is 9.23. The summed E-state index contributed by atoms with van der Waals surface area (Å²) in [6.45, 7) is 5.74. The maximum absolute atomic E-state index is 6.08. The van der Waals surface area contributed by atoms with Gasteiger partial charge < -0.3 is 10.1 Å². The van der Waals surface area contributed by atoms with Crippen molar-refractivity contribution in [2.75, 3.05) is 13.2 Å². The molecule has 0 bridgehead atoms. The number of hydrogen-bond acceptors (Lipinski definition) is 3. The third kappa shape index (κ3) is 6.31. The molecule has 12 heavy (non-hydrogen) atoms. The molecule has 0 radical (unpaired) electrons. The van der Waals surface area contributed by atoms with Crippen molar-refractivity contribution in [2.24, 2.45) is 0 Å². The summed E-state index contributed by atoms with van der Waals surface area (Å²) >= 11 is 0. The molecule has 2 N–H and O–H groups in total. The minimum Gasteiger partial charge on any atom is -0.363 e. The average Bonchev–Trinajstić information content (AvgIpc) is 2.08. The van der Waals surface area contributed by atoms with Gasteiger partial charge in [0.2, 0.25) is 0 Å². The van der Waals surface area contributed by atoms with Crippen molar-refractivity contribution < 1.29 is 4.74 Å². The van der Waals surface area contributed by atoms with Crippen LogP contribution in [0.4, 0.5) is 0 Å². The number of rotatable bonds is 2. The van der Waals surface area contributed by atoms with Crippen molar-refractivity contribution in [3.05, 3.63) is 0 Å². The molecule has 0 amide bonds. The molecule has 72 valence electrons. The van der Waals surface area contributed by atoms with Crippen LogP contribution in [-0.4, -0.2) is 25.6 Å². The first kappa shape index (κ1) is 11.6. The van der Waals surface area contributed by atoms with E-state index in [1.807, 2.05) is 0 Å². The highest BCUT2D eigenvalue weighted by Gasteiger charge is 2.10. The van der Waals surface area contributed by atoms with Gasteiger partial charge in [0.05, 0.1) is 0 Å². The Labute approximate surface area is 75.0 Å². The predicted octanol–water partition coefficient (Wildman–Crippen LogP) is 1.78. The zero-order valence-corrected chi connectivity index (χ0v) is 8.10. The molecule has 1 unspecified atom stereocenters. The van der Waals surface area contributed by atoms with Crippen LogP contribution in [0.5, 0.6) is 0 Å². The molecule has 1 aliphatic rings. The molecular weight excluding hydrogens is 152 g/mol. The summed E-state index contributed by atoms with van der Waals surface area (Å²) in [6, 6.07) is 0. The number of nitrogens with one attached hydrogen (secondary N) is 2. The van der Waals surface area contributed by atoms with E-state index in [1.165, 1.54) is 25.5 Å². The van der Waals surface area contributed by atoms with Gasteiger partial charge in [-0.2, -0.15) is 0 Å². The molecule has 0 aliphatic carbocycles. The minimum absolute atomic E-state index is 0.351. The summed E-state index contributed by atoms with van der Waals surface area (Å²) in [5.41, 5.74) is 0. The molecule has 1 fully saturated rings. The highest BCUT2D eigenvalue weighted by atomic mass is 16.5. The highest BCUT2D eigenvalue weighted by molar-refractivity contribution is 5.48. The van der Waals surface area contributed by atoms with Gasteiger partial charge in [-0.05, 0) is 38.9 Å². The fraction of sp³-hybridized carbons (Fsp3) is 0.889. The minimum atomic E-state index is 0.351. The quantitative estimate of drug-likeness (QED) is 0.624. The van der Waals surface area contributed by atoms with Crippen LogP contribution in [0.15, 0.2) is 0 Å². The topological polar surface area (TPSA) is 45.1 Å². The molecule has 1 heterocycles. The van der Waals surface area contributed by atoms with Crippen LogP contribution in [0.2, 0.25) is 0 Å². The van der Waals surface area contributed by atoms with Gasteiger partial charge in [0, 0.05) is 6.61 Å². The van der Waals surface area contributed by atoms with Gasteiger partial charge >= 0.3 is 0 Å². The monoisotopic (exact) mass is 172 g/mol. The molecule has 3 nitrogen and oxygen atoms in total. The van der Waals surface area contributed by atoms with Gasteiger partial charge in [-0.3, -0.25) is 5.32 Å². The van der Waals surface area contributed by atoms with E-state index in [2.05, 4.69) is 12.2 Å². The van der Waals surface area contributed by atoms with Gasteiger partial charge in [-0.15, -0.1) is 0 Å². The van der Waals surface area contributed by atoms with E-state index >= 15 is 0 Å². The predicted molar refractivity (Wildman–Crippen MR) is 51.7 cm³/mol.